The monoisotopic (exact) mass is 216 g/mol. The van der Waals surface area contributed by atoms with Gasteiger partial charge in [0.05, 0.1) is 0 Å². The molecule has 0 unspecified atom stereocenters. The van der Waals surface area contributed by atoms with Crippen LogP contribution in [0.5, 0.6) is 0 Å². The molecular weight excluding hydrogens is 196 g/mol. The average Bonchev–Trinajstić information content (AvgIpc) is 3.15. The van der Waals surface area contributed by atoms with E-state index in [1.807, 2.05) is 0 Å². The van der Waals surface area contributed by atoms with E-state index in [0.29, 0.717) is 0 Å². The van der Waals surface area contributed by atoms with Crippen molar-refractivity contribution in [2.24, 2.45) is 0 Å². The molecule has 0 bridgehead atoms. The molecule has 1 aliphatic heterocycles. The molecule has 2 heteroatoms. The van der Waals surface area contributed by atoms with Gasteiger partial charge < -0.3 is 10.2 Å². The van der Waals surface area contributed by atoms with Gasteiger partial charge in [-0.25, -0.2) is 0 Å². The number of aryl methyl sites for hydroxylation is 1. The third kappa shape index (κ3) is 1.94. The maximum atomic E-state index is 3.40. The Labute approximate surface area is 97.6 Å². The standard InChI is InChI=1S/C14H20N2/c1-11-2-5-13(10-14(11)12-3-4-12)16-8-6-15-7-9-16/h2,5,10,12,15H,3-4,6-9H2,1H3. The number of nitrogens with zero attached hydrogens (tertiary/aromatic N) is 1. The summed E-state index contributed by atoms with van der Waals surface area (Å²) in [5.41, 5.74) is 4.49. The Morgan fingerprint density at radius 2 is 1.94 bits per heavy atom. The van der Waals surface area contributed by atoms with Gasteiger partial charge in [0, 0.05) is 31.9 Å². The molecule has 1 N–H and O–H groups in total. The first kappa shape index (κ1) is 10.2. The van der Waals surface area contributed by atoms with E-state index in [-0.39, 0.29) is 0 Å². The highest BCUT2D eigenvalue weighted by Crippen LogP contribution is 2.42. The summed E-state index contributed by atoms with van der Waals surface area (Å²) in [6, 6.07) is 7.01. The largest absolute Gasteiger partial charge is 0.369 e. The molecule has 0 radical (unpaired) electrons. The summed E-state index contributed by atoms with van der Waals surface area (Å²) in [7, 11) is 0. The molecule has 0 atom stereocenters. The van der Waals surface area contributed by atoms with Crippen molar-refractivity contribution in [2.75, 3.05) is 31.1 Å². The number of piperazine rings is 1. The highest BCUT2D eigenvalue weighted by molar-refractivity contribution is 5.52. The third-order valence-corrected chi connectivity index (χ3v) is 3.76. The van der Waals surface area contributed by atoms with E-state index in [2.05, 4.69) is 35.3 Å². The second kappa shape index (κ2) is 4.10. The van der Waals surface area contributed by atoms with E-state index in [4.69, 9.17) is 0 Å². The summed E-state index contributed by atoms with van der Waals surface area (Å²) in [6.07, 6.45) is 2.79. The molecule has 2 nitrogen and oxygen atoms in total. The quantitative estimate of drug-likeness (QED) is 0.816. The number of hydrogen-bond donors (Lipinski definition) is 1. The number of hydrogen-bond acceptors (Lipinski definition) is 2. The molecule has 3 rings (SSSR count). The summed E-state index contributed by atoms with van der Waals surface area (Å²) in [6.45, 7) is 6.77. The fourth-order valence-electron chi connectivity index (χ4n) is 2.58. The molecule has 1 aromatic rings. The molecule has 1 aromatic carbocycles. The first-order valence-corrected chi connectivity index (χ1v) is 6.41. The molecule has 0 aromatic heterocycles. The SMILES string of the molecule is Cc1ccc(N2CCNCC2)cc1C1CC1. The Morgan fingerprint density at radius 3 is 2.62 bits per heavy atom. The zero-order valence-electron chi connectivity index (χ0n) is 10.00. The van der Waals surface area contributed by atoms with Crippen LogP contribution < -0.4 is 10.2 Å². The van der Waals surface area contributed by atoms with Crippen molar-refractivity contribution in [3.63, 3.8) is 0 Å². The first-order valence-electron chi connectivity index (χ1n) is 6.41. The van der Waals surface area contributed by atoms with Crippen molar-refractivity contribution in [1.29, 1.82) is 0 Å². The number of anilines is 1. The zero-order valence-corrected chi connectivity index (χ0v) is 10.00. The van der Waals surface area contributed by atoms with Crippen LogP contribution in [0.25, 0.3) is 0 Å². The summed E-state index contributed by atoms with van der Waals surface area (Å²) >= 11 is 0. The van der Waals surface area contributed by atoms with Gasteiger partial charge in [0.25, 0.3) is 0 Å². The predicted molar refractivity (Wildman–Crippen MR) is 68.2 cm³/mol. The highest BCUT2D eigenvalue weighted by Gasteiger charge is 2.25. The van der Waals surface area contributed by atoms with Gasteiger partial charge in [0.15, 0.2) is 0 Å². The molecule has 1 saturated carbocycles. The molecular formula is C14H20N2. The molecule has 16 heavy (non-hydrogen) atoms. The van der Waals surface area contributed by atoms with E-state index in [0.717, 1.165) is 32.1 Å². The van der Waals surface area contributed by atoms with Crippen molar-refractivity contribution in [1.82, 2.24) is 5.32 Å². The summed E-state index contributed by atoms with van der Waals surface area (Å²) < 4.78 is 0. The van der Waals surface area contributed by atoms with E-state index >= 15 is 0 Å². The predicted octanol–water partition coefficient (Wildman–Crippen LogP) is 2.28. The average molecular weight is 216 g/mol. The lowest BCUT2D eigenvalue weighted by Gasteiger charge is -2.30. The second-order valence-corrected chi connectivity index (χ2v) is 5.05. The van der Waals surface area contributed by atoms with Crippen molar-refractivity contribution in [3.05, 3.63) is 29.3 Å². The lowest BCUT2D eigenvalue weighted by Crippen LogP contribution is -2.43. The number of rotatable bonds is 2. The lowest BCUT2D eigenvalue weighted by molar-refractivity contribution is 0.589. The molecule has 0 amide bonds. The topological polar surface area (TPSA) is 15.3 Å². The van der Waals surface area contributed by atoms with Crippen molar-refractivity contribution in [2.45, 2.75) is 25.7 Å². The van der Waals surface area contributed by atoms with Crippen LogP contribution in [-0.2, 0) is 0 Å². The Hall–Kier alpha value is -1.02. The van der Waals surface area contributed by atoms with Gasteiger partial charge in [-0.1, -0.05) is 6.07 Å². The maximum Gasteiger partial charge on any atom is 0.0370 e. The first-order chi connectivity index (χ1) is 7.84. The van der Waals surface area contributed by atoms with Crippen molar-refractivity contribution < 1.29 is 0 Å². The van der Waals surface area contributed by atoms with Crippen molar-refractivity contribution >= 4 is 5.69 Å². The zero-order chi connectivity index (χ0) is 11.0. The fourth-order valence-corrected chi connectivity index (χ4v) is 2.58. The highest BCUT2D eigenvalue weighted by atomic mass is 15.2. The molecule has 2 aliphatic rings. The van der Waals surface area contributed by atoms with Gasteiger partial charge in [0.1, 0.15) is 0 Å². The third-order valence-electron chi connectivity index (χ3n) is 3.76. The molecule has 86 valence electrons. The van der Waals surface area contributed by atoms with Crippen LogP contribution in [0.4, 0.5) is 5.69 Å². The van der Waals surface area contributed by atoms with E-state index in [1.165, 1.54) is 24.1 Å². The van der Waals surface area contributed by atoms with Crippen LogP contribution in [0.2, 0.25) is 0 Å². The Bertz CT molecular complexity index is 376. The second-order valence-electron chi connectivity index (χ2n) is 5.05. The van der Waals surface area contributed by atoms with Gasteiger partial charge in [-0.05, 0) is 48.9 Å². The molecule has 1 aliphatic carbocycles. The molecule has 1 saturated heterocycles. The Morgan fingerprint density at radius 1 is 1.19 bits per heavy atom. The van der Waals surface area contributed by atoms with Crippen LogP contribution in [0.1, 0.15) is 29.9 Å². The molecule has 2 fully saturated rings. The molecule has 0 spiro atoms. The molecule has 1 heterocycles. The van der Waals surface area contributed by atoms with Crippen LogP contribution in [0, 0.1) is 6.92 Å². The van der Waals surface area contributed by atoms with Gasteiger partial charge in [-0.2, -0.15) is 0 Å². The van der Waals surface area contributed by atoms with Crippen LogP contribution in [0.15, 0.2) is 18.2 Å². The number of benzene rings is 1. The van der Waals surface area contributed by atoms with Gasteiger partial charge >= 0.3 is 0 Å². The van der Waals surface area contributed by atoms with Gasteiger partial charge in [0.2, 0.25) is 0 Å². The van der Waals surface area contributed by atoms with Crippen LogP contribution in [0.3, 0.4) is 0 Å². The summed E-state index contributed by atoms with van der Waals surface area (Å²) in [5, 5.41) is 3.40. The summed E-state index contributed by atoms with van der Waals surface area (Å²) in [4.78, 5) is 2.50. The smallest absolute Gasteiger partial charge is 0.0370 e. The lowest BCUT2D eigenvalue weighted by atomic mass is 10.0. The van der Waals surface area contributed by atoms with E-state index < -0.39 is 0 Å². The Balaban J connectivity index is 1.85. The van der Waals surface area contributed by atoms with E-state index in [1.54, 1.807) is 5.56 Å². The number of nitrogens with one attached hydrogen (secondary N) is 1. The van der Waals surface area contributed by atoms with E-state index in [9.17, 15) is 0 Å². The normalized spacial score (nSPS) is 21.2. The summed E-state index contributed by atoms with van der Waals surface area (Å²) in [5.74, 6) is 0.864. The minimum absolute atomic E-state index is 0.864. The minimum Gasteiger partial charge on any atom is -0.369 e. The van der Waals surface area contributed by atoms with Crippen LogP contribution >= 0.6 is 0 Å². The van der Waals surface area contributed by atoms with Crippen molar-refractivity contribution in [3.8, 4) is 0 Å². The minimum atomic E-state index is 0.864. The fraction of sp³-hybridized carbons (Fsp3) is 0.571. The maximum absolute atomic E-state index is 3.40. The van der Waals surface area contributed by atoms with Gasteiger partial charge in [-0.15, -0.1) is 0 Å². The van der Waals surface area contributed by atoms with Gasteiger partial charge in [-0.3, -0.25) is 0 Å². The van der Waals surface area contributed by atoms with Crippen LogP contribution in [-0.4, -0.2) is 26.2 Å². The Kier molecular flexibility index (Phi) is 2.60.